The van der Waals surface area contributed by atoms with E-state index in [1.54, 1.807) is 5.38 Å². The van der Waals surface area contributed by atoms with E-state index < -0.39 is 0 Å². The first-order valence-corrected chi connectivity index (χ1v) is 6.57. The number of halogens is 1. The number of nitrogens with two attached hydrogens (primary N) is 1. The predicted molar refractivity (Wildman–Crippen MR) is 72.1 cm³/mol. The summed E-state index contributed by atoms with van der Waals surface area (Å²) in [5.41, 5.74) is 6.57. The fraction of sp³-hybridized carbons (Fsp3) is 0.0909. The van der Waals surface area contributed by atoms with E-state index in [-0.39, 0.29) is 5.91 Å². The summed E-state index contributed by atoms with van der Waals surface area (Å²) in [5, 5.41) is 5.23. The van der Waals surface area contributed by atoms with Gasteiger partial charge in [0.1, 0.15) is 10.7 Å². The number of thiazole rings is 1. The van der Waals surface area contributed by atoms with Crippen molar-refractivity contribution in [2.75, 3.05) is 5.32 Å². The predicted octanol–water partition coefficient (Wildman–Crippen LogP) is 2.62. The van der Waals surface area contributed by atoms with Crippen LogP contribution in [0.5, 0.6) is 0 Å². The van der Waals surface area contributed by atoms with Crippen LogP contribution in [-0.2, 0) is 6.54 Å². The normalized spacial score (nSPS) is 10.2. The Kier molecular flexibility index (Phi) is 3.88. The molecule has 0 saturated carbocycles. The number of nitrogens with one attached hydrogen (secondary N) is 1. The fourth-order valence-electron chi connectivity index (χ4n) is 1.27. The maximum Gasteiger partial charge on any atom is 0.275 e. The van der Waals surface area contributed by atoms with Crippen LogP contribution >= 0.6 is 27.3 Å². The molecule has 0 unspecified atom stereocenters. The summed E-state index contributed by atoms with van der Waals surface area (Å²) in [6, 6.07) is 7.39. The first kappa shape index (κ1) is 12.2. The fourth-order valence-corrected chi connectivity index (χ4v) is 2.32. The number of hydrogen-bond acceptors (Lipinski definition) is 4. The molecule has 4 nitrogen and oxygen atoms in total. The van der Waals surface area contributed by atoms with Crippen molar-refractivity contribution in [1.82, 2.24) is 4.98 Å². The smallest absolute Gasteiger partial charge is 0.275 e. The molecule has 1 aromatic carbocycles. The van der Waals surface area contributed by atoms with Gasteiger partial charge in [0, 0.05) is 22.1 Å². The van der Waals surface area contributed by atoms with Crippen molar-refractivity contribution in [1.29, 1.82) is 0 Å². The third-order valence-electron chi connectivity index (χ3n) is 2.04. The van der Waals surface area contributed by atoms with Gasteiger partial charge in [-0.05, 0) is 18.2 Å². The largest absolute Gasteiger partial charge is 0.325 e. The zero-order chi connectivity index (χ0) is 12.3. The molecule has 88 valence electrons. The van der Waals surface area contributed by atoms with E-state index >= 15 is 0 Å². The molecular weight excluding hydrogens is 302 g/mol. The highest BCUT2D eigenvalue weighted by atomic mass is 79.9. The summed E-state index contributed by atoms with van der Waals surface area (Å²) in [7, 11) is 0. The number of nitrogens with zero attached hydrogens (tertiary/aromatic N) is 1. The summed E-state index contributed by atoms with van der Waals surface area (Å²) in [5.74, 6) is -0.223. The summed E-state index contributed by atoms with van der Waals surface area (Å²) in [4.78, 5) is 15.9. The number of carbonyl (C=O) groups is 1. The molecule has 0 aliphatic rings. The van der Waals surface area contributed by atoms with E-state index in [4.69, 9.17) is 5.73 Å². The van der Waals surface area contributed by atoms with Gasteiger partial charge in [0.2, 0.25) is 0 Å². The molecule has 0 fully saturated rings. The minimum atomic E-state index is -0.223. The van der Waals surface area contributed by atoms with Gasteiger partial charge in [-0.25, -0.2) is 4.98 Å². The summed E-state index contributed by atoms with van der Waals surface area (Å²) in [6.45, 7) is 0.356. The number of carbonyl (C=O) groups excluding carboxylic acids is 1. The Balaban J connectivity index is 2.11. The lowest BCUT2D eigenvalue weighted by atomic mass is 10.3. The molecule has 2 aromatic rings. The first-order chi connectivity index (χ1) is 8.19. The Morgan fingerprint density at radius 1 is 1.53 bits per heavy atom. The van der Waals surface area contributed by atoms with Gasteiger partial charge in [0.05, 0.1) is 0 Å². The molecule has 0 radical (unpaired) electrons. The first-order valence-electron chi connectivity index (χ1n) is 4.90. The molecule has 0 saturated heterocycles. The standard InChI is InChI=1S/C11H10BrN3OS/c12-7-2-1-3-8(4-7)14-11(16)9-6-17-10(5-13)15-9/h1-4,6H,5,13H2,(H,14,16). The van der Waals surface area contributed by atoms with Crippen LogP contribution in [0.25, 0.3) is 0 Å². The molecule has 1 amide bonds. The molecule has 17 heavy (non-hydrogen) atoms. The van der Waals surface area contributed by atoms with Crippen molar-refractivity contribution in [3.8, 4) is 0 Å². The van der Waals surface area contributed by atoms with Crippen LogP contribution < -0.4 is 11.1 Å². The topological polar surface area (TPSA) is 68.0 Å². The van der Waals surface area contributed by atoms with Crippen molar-refractivity contribution in [3.05, 3.63) is 44.8 Å². The number of aromatic nitrogens is 1. The van der Waals surface area contributed by atoms with E-state index in [0.717, 1.165) is 15.2 Å². The van der Waals surface area contributed by atoms with Crippen molar-refractivity contribution in [3.63, 3.8) is 0 Å². The van der Waals surface area contributed by atoms with Gasteiger partial charge in [-0.1, -0.05) is 22.0 Å². The van der Waals surface area contributed by atoms with Crippen LogP contribution in [0.2, 0.25) is 0 Å². The molecule has 6 heteroatoms. The van der Waals surface area contributed by atoms with E-state index in [1.807, 2.05) is 24.3 Å². The van der Waals surface area contributed by atoms with Crippen molar-refractivity contribution in [2.45, 2.75) is 6.54 Å². The highest BCUT2D eigenvalue weighted by molar-refractivity contribution is 9.10. The van der Waals surface area contributed by atoms with Gasteiger partial charge >= 0.3 is 0 Å². The van der Waals surface area contributed by atoms with Crippen molar-refractivity contribution < 1.29 is 4.79 Å². The van der Waals surface area contributed by atoms with Crippen LogP contribution in [0.15, 0.2) is 34.1 Å². The van der Waals surface area contributed by atoms with E-state index in [9.17, 15) is 4.79 Å². The lowest BCUT2D eigenvalue weighted by Crippen LogP contribution is -2.12. The van der Waals surface area contributed by atoms with Crippen LogP contribution in [0.3, 0.4) is 0 Å². The molecule has 1 aromatic heterocycles. The van der Waals surface area contributed by atoms with Crippen LogP contribution in [0, 0.1) is 0 Å². The number of benzene rings is 1. The average Bonchev–Trinajstić information content (AvgIpc) is 2.77. The Labute approximate surface area is 111 Å². The highest BCUT2D eigenvalue weighted by Crippen LogP contribution is 2.17. The molecule has 0 bridgehead atoms. The molecule has 2 rings (SSSR count). The second-order valence-corrected chi connectivity index (χ2v) is 5.15. The Morgan fingerprint density at radius 3 is 3.00 bits per heavy atom. The lowest BCUT2D eigenvalue weighted by Gasteiger charge is -2.03. The third-order valence-corrected chi connectivity index (χ3v) is 3.41. The number of hydrogen-bond donors (Lipinski definition) is 2. The molecule has 3 N–H and O–H groups in total. The van der Waals surface area contributed by atoms with Gasteiger partial charge in [-0.3, -0.25) is 4.79 Å². The number of anilines is 1. The monoisotopic (exact) mass is 311 g/mol. The van der Waals surface area contributed by atoms with Gasteiger partial charge in [-0.15, -0.1) is 11.3 Å². The second-order valence-electron chi connectivity index (χ2n) is 3.30. The quantitative estimate of drug-likeness (QED) is 0.915. The van der Waals surface area contributed by atoms with Gasteiger partial charge in [0.25, 0.3) is 5.91 Å². The van der Waals surface area contributed by atoms with Gasteiger partial charge in [-0.2, -0.15) is 0 Å². The Bertz CT molecular complexity index is 541. The Hall–Kier alpha value is -1.24. The van der Waals surface area contributed by atoms with Gasteiger partial charge < -0.3 is 11.1 Å². The summed E-state index contributed by atoms with van der Waals surface area (Å²) < 4.78 is 0.913. The van der Waals surface area contributed by atoms with Crippen molar-refractivity contribution in [2.24, 2.45) is 5.73 Å². The lowest BCUT2D eigenvalue weighted by molar-refractivity contribution is 0.102. The van der Waals surface area contributed by atoms with Crippen LogP contribution in [0.4, 0.5) is 5.69 Å². The van der Waals surface area contributed by atoms with Crippen molar-refractivity contribution >= 4 is 38.9 Å². The number of amides is 1. The molecular formula is C11H10BrN3OS. The number of rotatable bonds is 3. The van der Waals surface area contributed by atoms with E-state index in [1.165, 1.54) is 11.3 Å². The third kappa shape index (κ3) is 3.12. The van der Waals surface area contributed by atoms with Crippen LogP contribution in [-0.4, -0.2) is 10.9 Å². The molecule has 0 aliphatic carbocycles. The molecule has 1 heterocycles. The SMILES string of the molecule is NCc1nc(C(=O)Nc2cccc(Br)c2)cs1. The second kappa shape index (κ2) is 5.39. The van der Waals surface area contributed by atoms with Crippen LogP contribution in [0.1, 0.15) is 15.5 Å². The summed E-state index contributed by atoms with van der Waals surface area (Å²) in [6.07, 6.45) is 0. The maximum atomic E-state index is 11.8. The zero-order valence-corrected chi connectivity index (χ0v) is 11.2. The zero-order valence-electron chi connectivity index (χ0n) is 8.81. The Morgan fingerprint density at radius 2 is 2.35 bits per heavy atom. The maximum absolute atomic E-state index is 11.8. The molecule has 0 aliphatic heterocycles. The highest BCUT2D eigenvalue weighted by Gasteiger charge is 2.10. The average molecular weight is 312 g/mol. The van der Waals surface area contributed by atoms with E-state index in [2.05, 4.69) is 26.2 Å². The van der Waals surface area contributed by atoms with E-state index in [0.29, 0.717) is 12.2 Å². The molecule has 0 atom stereocenters. The van der Waals surface area contributed by atoms with Gasteiger partial charge in [0.15, 0.2) is 0 Å². The summed E-state index contributed by atoms with van der Waals surface area (Å²) >= 11 is 4.73. The molecule has 0 spiro atoms. The minimum Gasteiger partial charge on any atom is -0.325 e. The minimum absolute atomic E-state index is 0.223.